The molecular formula is C29H48N2O3. The van der Waals surface area contributed by atoms with Crippen LogP contribution in [0.2, 0.25) is 0 Å². The monoisotopic (exact) mass is 472 g/mol. The van der Waals surface area contributed by atoms with Crippen LogP contribution in [0.25, 0.3) is 0 Å². The minimum Gasteiger partial charge on any atom is -0.462 e. The number of benzene rings is 1. The van der Waals surface area contributed by atoms with Crippen LogP contribution in [-0.4, -0.2) is 39.3 Å². The lowest BCUT2D eigenvalue weighted by Gasteiger charge is -2.55. The van der Waals surface area contributed by atoms with Crippen molar-refractivity contribution < 1.29 is 14.4 Å². The Morgan fingerprint density at radius 2 is 1.47 bits per heavy atom. The van der Waals surface area contributed by atoms with E-state index >= 15 is 0 Å². The van der Waals surface area contributed by atoms with E-state index in [4.69, 9.17) is 9.57 Å². The molecule has 3 rings (SSSR count). The zero-order valence-electron chi connectivity index (χ0n) is 23.0. The Labute approximate surface area is 207 Å². The minimum absolute atomic E-state index is 0.0212. The van der Waals surface area contributed by atoms with Crippen LogP contribution in [0.5, 0.6) is 0 Å². The molecule has 192 valence electrons. The Kier molecular flexibility index (Phi) is 7.91. The molecule has 0 spiro atoms. The first-order valence-corrected chi connectivity index (χ1v) is 13.0. The normalized spacial score (nSPS) is 25.6. The Bertz CT molecular complexity index is 797. The zero-order chi connectivity index (χ0) is 25.4. The Balaban J connectivity index is 1.58. The second-order valence-corrected chi connectivity index (χ2v) is 13.4. The molecule has 2 aliphatic heterocycles. The summed E-state index contributed by atoms with van der Waals surface area (Å²) in [5, 5.41) is 5.86. The molecule has 0 bridgehead atoms. The van der Waals surface area contributed by atoms with Crippen molar-refractivity contribution in [1.29, 1.82) is 0 Å². The Morgan fingerprint density at radius 3 is 2.00 bits per heavy atom. The van der Waals surface area contributed by atoms with Crippen molar-refractivity contribution in [2.24, 2.45) is 11.8 Å². The quantitative estimate of drug-likeness (QED) is 0.474. The van der Waals surface area contributed by atoms with Crippen LogP contribution >= 0.6 is 0 Å². The van der Waals surface area contributed by atoms with Crippen LogP contribution in [-0.2, 0) is 21.0 Å². The third-order valence-electron chi connectivity index (χ3n) is 7.57. The maximum Gasteiger partial charge on any atom is 0.306 e. The first kappa shape index (κ1) is 27.2. The smallest absolute Gasteiger partial charge is 0.306 e. The van der Waals surface area contributed by atoms with Crippen LogP contribution in [0, 0.1) is 11.8 Å². The molecule has 0 aromatic heterocycles. The van der Waals surface area contributed by atoms with E-state index in [0.29, 0.717) is 18.9 Å². The molecular weight excluding hydrogens is 424 g/mol. The third kappa shape index (κ3) is 7.05. The fourth-order valence-corrected chi connectivity index (χ4v) is 6.78. The maximum atomic E-state index is 13.0. The van der Waals surface area contributed by atoms with Crippen molar-refractivity contribution in [3.8, 4) is 0 Å². The number of hydrogen-bond acceptors (Lipinski definition) is 5. The van der Waals surface area contributed by atoms with E-state index in [9.17, 15) is 4.79 Å². The van der Waals surface area contributed by atoms with Crippen molar-refractivity contribution in [1.82, 2.24) is 10.4 Å². The number of rotatable bonds is 7. The fraction of sp³-hybridized carbons (Fsp3) is 0.759. The highest BCUT2D eigenvalue weighted by Gasteiger charge is 2.48. The number of carbonyl (C=O) groups is 1. The van der Waals surface area contributed by atoms with Crippen molar-refractivity contribution in [3.05, 3.63) is 35.9 Å². The van der Waals surface area contributed by atoms with Crippen molar-refractivity contribution in [2.45, 2.75) is 129 Å². The molecule has 34 heavy (non-hydrogen) atoms. The van der Waals surface area contributed by atoms with E-state index in [1.54, 1.807) is 0 Å². The zero-order valence-corrected chi connectivity index (χ0v) is 23.0. The summed E-state index contributed by atoms with van der Waals surface area (Å²) in [5.74, 6) is 0.657. The lowest BCUT2D eigenvalue weighted by atomic mass is 9.70. The average molecular weight is 473 g/mol. The third-order valence-corrected chi connectivity index (χ3v) is 7.57. The number of esters is 1. The summed E-state index contributed by atoms with van der Waals surface area (Å²) in [6, 6.07) is 10.3. The van der Waals surface area contributed by atoms with Crippen molar-refractivity contribution in [3.63, 3.8) is 0 Å². The molecule has 2 aliphatic rings. The molecule has 5 nitrogen and oxygen atoms in total. The van der Waals surface area contributed by atoms with Crippen LogP contribution in [0.3, 0.4) is 0 Å². The number of ether oxygens (including phenoxy) is 1. The number of nitrogens with zero attached hydrogens (tertiary/aromatic N) is 1. The van der Waals surface area contributed by atoms with Gasteiger partial charge in [-0.05, 0) is 85.6 Å². The van der Waals surface area contributed by atoms with Gasteiger partial charge in [0.1, 0.15) is 6.10 Å². The van der Waals surface area contributed by atoms with Gasteiger partial charge in [0.2, 0.25) is 0 Å². The first-order chi connectivity index (χ1) is 15.6. The van der Waals surface area contributed by atoms with Gasteiger partial charge in [0, 0.05) is 41.4 Å². The van der Waals surface area contributed by atoms with Crippen molar-refractivity contribution >= 4 is 5.97 Å². The number of nitrogens with one attached hydrogen (secondary N) is 1. The molecule has 5 heteroatoms. The molecule has 2 saturated heterocycles. The summed E-state index contributed by atoms with van der Waals surface area (Å²) in [6.45, 7) is 20.6. The molecule has 1 aromatic rings. The van der Waals surface area contributed by atoms with E-state index in [-0.39, 0.29) is 40.1 Å². The van der Waals surface area contributed by atoms with Gasteiger partial charge in [-0.1, -0.05) is 37.3 Å². The molecule has 1 aromatic carbocycles. The van der Waals surface area contributed by atoms with Gasteiger partial charge in [0.15, 0.2) is 0 Å². The molecule has 0 amide bonds. The molecule has 1 N–H and O–H groups in total. The minimum atomic E-state index is -0.123. The largest absolute Gasteiger partial charge is 0.462 e. The average Bonchev–Trinajstić information content (AvgIpc) is 2.64. The summed E-state index contributed by atoms with van der Waals surface area (Å²) in [4.78, 5) is 19.3. The second-order valence-electron chi connectivity index (χ2n) is 13.4. The molecule has 1 unspecified atom stereocenters. The summed E-state index contributed by atoms with van der Waals surface area (Å²) >= 11 is 0. The van der Waals surface area contributed by atoms with Crippen LogP contribution in [0.1, 0.15) is 100.0 Å². The van der Waals surface area contributed by atoms with Gasteiger partial charge in [-0.25, -0.2) is 0 Å². The second kappa shape index (κ2) is 9.91. The van der Waals surface area contributed by atoms with E-state index in [1.165, 1.54) is 5.56 Å². The molecule has 0 radical (unpaired) electrons. The van der Waals surface area contributed by atoms with Gasteiger partial charge in [0.25, 0.3) is 0 Å². The predicted molar refractivity (Wildman–Crippen MR) is 138 cm³/mol. The van der Waals surface area contributed by atoms with Crippen LogP contribution < -0.4 is 5.32 Å². The Hall–Kier alpha value is -1.43. The highest BCUT2D eigenvalue weighted by atomic mass is 16.7. The highest BCUT2D eigenvalue weighted by Crippen LogP contribution is 2.45. The van der Waals surface area contributed by atoms with Gasteiger partial charge in [-0.3, -0.25) is 9.63 Å². The summed E-state index contributed by atoms with van der Waals surface area (Å²) in [6.07, 6.45) is 4.15. The molecule has 0 aliphatic carbocycles. The van der Waals surface area contributed by atoms with E-state index < -0.39 is 0 Å². The Morgan fingerprint density at radius 1 is 0.941 bits per heavy atom. The number of hydrogen-bond donors (Lipinski definition) is 1. The van der Waals surface area contributed by atoms with Gasteiger partial charge in [-0.15, -0.1) is 0 Å². The predicted octanol–water partition coefficient (Wildman–Crippen LogP) is 6.27. The fourth-order valence-electron chi connectivity index (χ4n) is 6.78. The summed E-state index contributed by atoms with van der Waals surface area (Å²) < 4.78 is 6.02. The molecule has 0 saturated carbocycles. The summed E-state index contributed by atoms with van der Waals surface area (Å²) in [7, 11) is 0. The molecule has 2 fully saturated rings. The molecule has 2 heterocycles. The highest BCUT2D eigenvalue weighted by molar-refractivity contribution is 5.70. The van der Waals surface area contributed by atoms with Crippen LogP contribution in [0.15, 0.2) is 30.3 Å². The number of hydroxylamine groups is 2. The maximum absolute atomic E-state index is 13.0. The van der Waals surface area contributed by atoms with Crippen molar-refractivity contribution in [2.75, 3.05) is 0 Å². The standard InChI is InChI=1S/C29H48N2O3/c1-21(15-25(32)34-24-18-26(2,3)30-27(4,5)19-24)23-16-28(6,7)31(29(8,9)17-23)33-20-22-13-11-10-12-14-22/h10-14,21,23-24,30H,15-20H2,1-9H3. The first-order valence-electron chi connectivity index (χ1n) is 13.0. The lowest BCUT2D eigenvalue weighted by molar-refractivity contribution is -0.297. The summed E-state index contributed by atoms with van der Waals surface area (Å²) in [5.41, 5.74) is 0.875. The number of carbonyl (C=O) groups excluding carboxylic acids is 1. The van der Waals surface area contributed by atoms with Gasteiger partial charge >= 0.3 is 5.97 Å². The van der Waals surface area contributed by atoms with E-state index in [0.717, 1.165) is 25.7 Å². The lowest BCUT2D eigenvalue weighted by Crippen LogP contribution is -2.61. The van der Waals surface area contributed by atoms with Gasteiger partial charge in [0.05, 0.1) is 6.61 Å². The van der Waals surface area contributed by atoms with Gasteiger partial charge in [-0.2, -0.15) is 5.06 Å². The van der Waals surface area contributed by atoms with Crippen LogP contribution in [0.4, 0.5) is 0 Å². The topological polar surface area (TPSA) is 50.8 Å². The SMILES string of the molecule is CC(CC(=O)OC1CC(C)(C)NC(C)(C)C1)C1CC(C)(C)N(OCc2ccccc2)C(C)(C)C1. The van der Waals surface area contributed by atoms with Gasteiger partial charge < -0.3 is 10.1 Å². The molecule has 1 atom stereocenters. The van der Waals surface area contributed by atoms with E-state index in [2.05, 4.69) is 84.8 Å². The number of piperidine rings is 2. The van der Waals surface area contributed by atoms with E-state index in [1.807, 2.05) is 18.2 Å².